The molecule has 3 heterocycles. The molecule has 4 unspecified atom stereocenters. The summed E-state index contributed by atoms with van der Waals surface area (Å²) in [6, 6.07) is 15.1. The molecule has 8 rings (SSSR count). The van der Waals surface area contributed by atoms with Gasteiger partial charge < -0.3 is 15.0 Å². The summed E-state index contributed by atoms with van der Waals surface area (Å²) in [6.45, 7) is -0.611. The van der Waals surface area contributed by atoms with Crippen LogP contribution in [0.3, 0.4) is 0 Å². The molecular formula is C34H24BrF3N4O7S2. The van der Waals surface area contributed by atoms with Gasteiger partial charge in [-0.1, -0.05) is 39.4 Å². The number of para-hydroxylation sites is 1. The summed E-state index contributed by atoms with van der Waals surface area (Å²) in [4.78, 5) is 68.8. The number of nitrogens with one attached hydrogen (secondary N) is 2. The molecule has 4 aliphatic rings. The molecule has 4 aromatic rings. The van der Waals surface area contributed by atoms with E-state index in [1.165, 1.54) is 48.2 Å². The van der Waals surface area contributed by atoms with Crippen LogP contribution in [0.4, 0.5) is 30.2 Å². The highest BCUT2D eigenvalue weighted by atomic mass is 79.9. The van der Waals surface area contributed by atoms with E-state index >= 15 is 0 Å². The molecule has 0 spiro atoms. The smallest absolute Gasteiger partial charge is 0.418 e. The zero-order valence-electron chi connectivity index (χ0n) is 25.9. The largest absolute Gasteiger partial charge is 0.483 e. The number of H-pyrrole nitrogens is 1. The molecule has 2 aliphatic heterocycles. The van der Waals surface area contributed by atoms with Crippen molar-refractivity contribution in [1.29, 1.82) is 0 Å². The van der Waals surface area contributed by atoms with Crippen molar-refractivity contribution in [3.63, 3.8) is 0 Å². The maximum Gasteiger partial charge on any atom is 0.418 e. The monoisotopic (exact) mass is 800 g/mol. The van der Waals surface area contributed by atoms with Crippen LogP contribution in [-0.2, 0) is 20.6 Å². The first-order valence-corrected chi connectivity index (χ1v) is 18.2. The van der Waals surface area contributed by atoms with Crippen molar-refractivity contribution in [3.8, 4) is 5.75 Å². The lowest BCUT2D eigenvalue weighted by Crippen LogP contribution is -2.42. The summed E-state index contributed by atoms with van der Waals surface area (Å²) < 4.78 is 47.3. The van der Waals surface area contributed by atoms with Gasteiger partial charge in [0.25, 0.3) is 11.6 Å². The van der Waals surface area contributed by atoms with Crippen molar-refractivity contribution >= 4 is 73.8 Å². The minimum atomic E-state index is -4.68. The highest BCUT2D eigenvalue weighted by Crippen LogP contribution is 2.69. The number of hydrogen-bond acceptors (Lipinski definition) is 9. The van der Waals surface area contributed by atoms with E-state index in [2.05, 4.69) is 26.2 Å². The van der Waals surface area contributed by atoms with Crippen LogP contribution in [-0.4, -0.2) is 39.5 Å². The van der Waals surface area contributed by atoms with E-state index in [0.29, 0.717) is 21.5 Å². The number of nitrogens with zero attached hydrogens (tertiary/aromatic N) is 2. The summed E-state index contributed by atoms with van der Waals surface area (Å²) in [5.41, 5.74) is -0.686. The Balaban J connectivity index is 1.12. The molecule has 1 aromatic heterocycles. The molecule has 262 valence electrons. The number of nitro benzene ring substituents is 1. The Hall–Kier alpha value is -4.48. The fourth-order valence-electron chi connectivity index (χ4n) is 8.41. The van der Waals surface area contributed by atoms with Crippen molar-refractivity contribution in [2.75, 3.05) is 16.8 Å². The van der Waals surface area contributed by atoms with Crippen LogP contribution in [0, 0.1) is 39.7 Å². The molecular weight excluding hydrogens is 777 g/mol. The van der Waals surface area contributed by atoms with Crippen LogP contribution in [0.1, 0.15) is 28.3 Å². The molecule has 7 atom stereocenters. The van der Waals surface area contributed by atoms with Gasteiger partial charge in [-0.05, 0) is 66.6 Å². The zero-order chi connectivity index (χ0) is 35.9. The van der Waals surface area contributed by atoms with Crippen LogP contribution < -0.4 is 19.8 Å². The number of alkyl halides is 3. The summed E-state index contributed by atoms with van der Waals surface area (Å²) in [5.74, 6) is -3.67. The summed E-state index contributed by atoms with van der Waals surface area (Å²) in [7, 11) is 0. The van der Waals surface area contributed by atoms with E-state index in [-0.39, 0.29) is 56.8 Å². The van der Waals surface area contributed by atoms with Gasteiger partial charge in [0.1, 0.15) is 5.75 Å². The van der Waals surface area contributed by atoms with E-state index in [4.69, 9.17) is 4.74 Å². The highest BCUT2D eigenvalue weighted by Gasteiger charge is 2.70. The number of rotatable bonds is 7. The topological polar surface area (TPSA) is 152 Å². The number of benzene rings is 3. The van der Waals surface area contributed by atoms with Gasteiger partial charge >= 0.3 is 11.0 Å². The van der Waals surface area contributed by atoms with Gasteiger partial charge in [0.15, 0.2) is 6.61 Å². The van der Waals surface area contributed by atoms with Crippen LogP contribution in [0.15, 0.2) is 81.0 Å². The number of fused-ring (bicyclic) bond motifs is 9. The lowest BCUT2D eigenvalue weighted by atomic mass is 9.68. The Bertz CT molecular complexity index is 2190. The number of thiazole rings is 1. The highest BCUT2D eigenvalue weighted by molar-refractivity contribution is 9.10. The first kappa shape index (κ1) is 33.7. The van der Waals surface area contributed by atoms with Gasteiger partial charge in [-0.3, -0.25) is 34.2 Å². The number of thioether (sulfide) groups is 1. The number of imide groups is 1. The average molecular weight is 802 g/mol. The lowest BCUT2D eigenvalue weighted by molar-refractivity contribution is -0.384. The van der Waals surface area contributed by atoms with Gasteiger partial charge in [-0.2, -0.15) is 13.2 Å². The van der Waals surface area contributed by atoms with Gasteiger partial charge in [-0.25, -0.2) is 0 Å². The second-order valence-corrected chi connectivity index (χ2v) is 15.9. The number of anilines is 2. The Kier molecular flexibility index (Phi) is 8.14. The first-order chi connectivity index (χ1) is 24.3. The van der Waals surface area contributed by atoms with Crippen molar-refractivity contribution < 1.29 is 37.2 Å². The fourth-order valence-corrected chi connectivity index (χ4v) is 11.7. The standard InChI is InChI=1S/C34H24BrF3N4O7S2/c35-14-5-10-22(49-13-23(43)39-21-4-2-1-3-20(21)34(36,37)38)17(11-14)24-25-18-12-19(28(25)50-30-29(24)51-33(46)40-30)27-26(18)31(44)41(32(27)45)15-6-8-16(9-7-15)42(47)48/h1-11,18-19,24-28H,12-13H2,(H,39,43)(H,40,46)/t18-,19-,24-,25?,26?,27?,28?/m1/s1. The Labute approximate surface area is 302 Å². The van der Waals surface area contributed by atoms with Crippen LogP contribution >= 0.6 is 39.0 Å². The van der Waals surface area contributed by atoms with Gasteiger partial charge in [-0.15, -0.1) is 11.8 Å². The molecule has 11 nitrogen and oxygen atoms in total. The number of aromatic amines is 1. The summed E-state index contributed by atoms with van der Waals surface area (Å²) >= 11 is 6.04. The minimum Gasteiger partial charge on any atom is -0.483 e. The van der Waals surface area contributed by atoms with Crippen molar-refractivity contribution in [2.24, 2.45) is 29.6 Å². The third-order valence-electron chi connectivity index (χ3n) is 10.2. The number of hydrogen-bond donors (Lipinski definition) is 2. The van der Waals surface area contributed by atoms with Crippen molar-refractivity contribution in [3.05, 3.63) is 107 Å². The van der Waals surface area contributed by atoms with Crippen LogP contribution in [0.25, 0.3) is 0 Å². The number of halogens is 4. The first-order valence-electron chi connectivity index (χ1n) is 15.7. The molecule has 2 aliphatic carbocycles. The van der Waals surface area contributed by atoms with Crippen molar-refractivity contribution in [2.45, 2.75) is 28.8 Å². The van der Waals surface area contributed by atoms with E-state index < -0.39 is 52.6 Å². The predicted octanol–water partition coefficient (Wildman–Crippen LogP) is 6.82. The number of carbonyl (C=O) groups excluding carboxylic acids is 3. The molecule has 51 heavy (non-hydrogen) atoms. The van der Waals surface area contributed by atoms with Gasteiger partial charge in [0.05, 0.1) is 38.7 Å². The fraction of sp³-hybridized carbons (Fsp3) is 0.294. The Morgan fingerprint density at radius 1 is 1.04 bits per heavy atom. The predicted molar refractivity (Wildman–Crippen MR) is 184 cm³/mol. The molecule has 1 saturated heterocycles. The second kappa shape index (κ2) is 12.3. The third kappa shape index (κ3) is 5.56. The number of carbonyl (C=O) groups is 3. The Morgan fingerprint density at radius 2 is 1.75 bits per heavy atom. The normalized spacial score (nSPS) is 26.1. The number of ether oxygens (including phenoxy) is 1. The maximum atomic E-state index is 14.1. The maximum absolute atomic E-state index is 14.1. The van der Waals surface area contributed by atoms with Gasteiger partial charge in [0.2, 0.25) is 11.8 Å². The second-order valence-electron chi connectivity index (χ2n) is 12.8. The number of nitro groups is 1. The minimum absolute atomic E-state index is 0.165. The molecule has 0 radical (unpaired) electrons. The summed E-state index contributed by atoms with van der Waals surface area (Å²) in [5, 5.41) is 14.0. The molecule has 3 aromatic carbocycles. The molecule has 3 fully saturated rings. The van der Waals surface area contributed by atoms with E-state index in [0.717, 1.165) is 33.2 Å². The molecule has 17 heteroatoms. The number of amides is 3. The van der Waals surface area contributed by atoms with Crippen LogP contribution in [0.5, 0.6) is 5.75 Å². The quantitative estimate of drug-likeness (QED) is 0.117. The van der Waals surface area contributed by atoms with Gasteiger partial charge in [0, 0.05) is 38.2 Å². The van der Waals surface area contributed by atoms with E-state index in [1.807, 2.05) is 6.07 Å². The van der Waals surface area contributed by atoms with Crippen LogP contribution in [0.2, 0.25) is 0 Å². The molecule has 2 N–H and O–H groups in total. The molecule has 2 bridgehead atoms. The lowest BCUT2D eigenvalue weighted by Gasteiger charge is -2.43. The number of aromatic nitrogens is 1. The number of non-ortho nitro benzene ring substituents is 1. The molecule has 3 amide bonds. The van der Waals surface area contributed by atoms with E-state index in [9.17, 15) is 42.5 Å². The SMILES string of the molecule is O=C(COc1ccc(Br)cc1[C@H]1c2sc(=O)[nH]c2SC2C1[C@H]1C[C@@H]2C2C(=O)N(c3ccc([N+](=O)[O-])cc3)C(=O)C21)Nc1ccccc1C(F)(F)F. The summed E-state index contributed by atoms with van der Waals surface area (Å²) in [6.07, 6.45) is -4.08. The zero-order valence-corrected chi connectivity index (χ0v) is 29.1. The van der Waals surface area contributed by atoms with Crippen molar-refractivity contribution in [1.82, 2.24) is 4.98 Å². The van der Waals surface area contributed by atoms with E-state index in [1.54, 1.807) is 12.1 Å². The third-order valence-corrected chi connectivity index (χ3v) is 13.3. The molecule has 2 saturated carbocycles. The average Bonchev–Trinajstić information content (AvgIpc) is 3.82. The Morgan fingerprint density at radius 3 is 2.45 bits per heavy atom.